The third-order valence-electron chi connectivity index (χ3n) is 2.28. The number of nitrogens with zero attached hydrogens (tertiary/aromatic N) is 1. The Hall–Kier alpha value is -0.800. The standard InChI is InChI=1S/C10H6ClF3IN3/c11-6-2-4(15)1-5-7(18-16)3-8(10(12,13)14)17-9(5)6/h1-3H,16H2,(H,17,18). The predicted molar refractivity (Wildman–Crippen MR) is 72.3 cm³/mol. The number of alkyl halides is 3. The minimum atomic E-state index is -4.55. The maximum Gasteiger partial charge on any atom is 0.433 e. The molecule has 1 heterocycles. The van der Waals surface area contributed by atoms with E-state index in [1.165, 1.54) is 6.07 Å². The van der Waals surface area contributed by atoms with Gasteiger partial charge in [0, 0.05) is 8.96 Å². The number of nitrogen functional groups attached to an aromatic ring is 1. The van der Waals surface area contributed by atoms with Crippen LogP contribution in [-0.2, 0) is 6.18 Å². The van der Waals surface area contributed by atoms with Gasteiger partial charge >= 0.3 is 6.18 Å². The van der Waals surface area contributed by atoms with Gasteiger partial charge < -0.3 is 5.43 Å². The van der Waals surface area contributed by atoms with Crippen LogP contribution in [0.1, 0.15) is 5.69 Å². The van der Waals surface area contributed by atoms with Crippen LogP contribution >= 0.6 is 34.2 Å². The summed E-state index contributed by atoms with van der Waals surface area (Å²) in [6.45, 7) is 0. The summed E-state index contributed by atoms with van der Waals surface area (Å²) in [5, 5.41) is 0.599. The third kappa shape index (κ3) is 2.47. The second-order valence-electron chi connectivity index (χ2n) is 3.48. The van der Waals surface area contributed by atoms with Crippen molar-refractivity contribution in [2.24, 2.45) is 5.84 Å². The van der Waals surface area contributed by atoms with Gasteiger partial charge in [-0.15, -0.1) is 0 Å². The Labute approximate surface area is 119 Å². The number of nitrogens with one attached hydrogen (secondary N) is 1. The lowest BCUT2D eigenvalue weighted by atomic mass is 10.1. The fourth-order valence-electron chi connectivity index (χ4n) is 1.52. The summed E-state index contributed by atoms with van der Waals surface area (Å²) in [5.74, 6) is 5.24. The molecule has 96 valence electrons. The largest absolute Gasteiger partial charge is 0.433 e. The molecule has 0 amide bonds. The van der Waals surface area contributed by atoms with Crippen LogP contribution in [0.3, 0.4) is 0 Å². The van der Waals surface area contributed by atoms with Gasteiger partial charge in [0.2, 0.25) is 0 Å². The van der Waals surface area contributed by atoms with Gasteiger partial charge in [-0.25, -0.2) is 4.98 Å². The second kappa shape index (κ2) is 4.71. The first kappa shape index (κ1) is 13.6. The highest BCUT2D eigenvalue weighted by atomic mass is 127. The number of hydrogen-bond donors (Lipinski definition) is 2. The Kier molecular flexibility index (Phi) is 3.56. The molecule has 3 N–H and O–H groups in total. The molecule has 0 radical (unpaired) electrons. The number of aromatic nitrogens is 1. The number of fused-ring (bicyclic) bond motifs is 1. The zero-order valence-corrected chi connectivity index (χ0v) is 11.6. The molecule has 0 saturated carbocycles. The number of hydrogen-bond acceptors (Lipinski definition) is 3. The first-order chi connectivity index (χ1) is 8.32. The molecule has 0 aliphatic heterocycles. The van der Waals surface area contributed by atoms with Crippen LogP contribution < -0.4 is 11.3 Å². The number of nitrogens with two attached hydrogens (primary N) is 1. The number of halogens is 5. The summed E-state index contributed by atoms with van der Waals surface area (Å²) in [5.41, 5.74) is 1.40. The molecule has 0 bridgehead atoms. The highest BCUT2D eigenvalue weighted by Crippen LogP contribution is 2.35. The van der Waals surface area contributed by atoms with Crippen LogP contribution in [0.4, 0.5) is 18.9 Å². The van der Waals surface area contributed by atoms with Gasteiger partial charge in [0.05, 0.1) is 16.2 Å². The van der Waals surface area contributed by atoms with Crippen LogP contribution in [-0.4, -0.2) is 4.98 Å². The summed E-state index contributed by atoms with van der Waals surface area (Å²) in [6.07, 6.45) is -4.55. The number of pyridine rings is 1. The Balaban J connectivity index is 2.84. The monoisotopic (exact) mass is 387 g/mol. The van der Waals surface area contributed by atoms with E-state index < -0.39 is 11.9 Å². The lowest BCUT2D eigenvalue weighted by Gasteiger charge is -2.12. The van der Waals surface area contributed by atoms with E-state index in [0.29, 0.717) is 5.39 Å². The van der Waals surface area contributed by atoms with Gasteiger partial charge in [-0.3, -0.25) is 5.84 Å². The molecule has 18 heavy (non-hydrogen) atoms. The number of anilines is 1. The fourth-order valence-corrected chi connectivity index (χ4v) is 2.59. The molecule has 3 nitrogen and oxygen atoms in total. The minimum Gasteiger partial charge on any atom is -0.323 e. The molecular formula is C10H6ClF3IN3. The van der Waals surface area contributed by atoms with E-state index in [-0.39, 0.29) is 16.2 Å². The van der Waals surface area contributed by atoms with Gasteiger partial charge in [0.25, 0.3) is 0 Å². The number of rotatable bonds is 1. The van der Waals surface area contributed by atoms with Crippen molar-refractivity contribution in [1.29, 1.82) is 0 Å². The normalized spacial score (nSPS) is 11.9. The summed E-state index contributed by atoms with van der Waals surface area (Å²) < 4.78 is 38.8. The molecule has 2 rings (SSSR count). The second-order valence-corrected chi connectivity index (χ2v) is 5.13. The lowest BCUT2D eigenvalue weighted by Crippen LogP contribution is -2.13. The van der Waals surface area contributed by atoms with E-state index in [9.17, 15) is 13.2 Å². The van der Waals surface area contributed by atoms with Crippen LogP contribution in [0.2, 0.25) is 5.02 Å². The molecule has 8 heteroatoms. The van der Waals surface area contributed by atoms with Crippen molar-refractivity contribution >= 4 is 50.8 Å². The van der Waals surface area contributed by atoms with Crippen molar-refractivity contribution in [2.75, 3.05) is 5.43 Å². The molecule has 0 atom stereocenters. The molecule has 0 fully saturated rings. The lowest BCUT2D eigenvalue weighted by molar-refractivity contribution is -0.140. The van der Waals surface area contributed by atoms with Crippen LogP contribution in [0.15, 0.2) is 18.2 Å². The van der Waals surface area contributed by atoms with Crippen molar-refractivity contribution in [1.82, 2.24) is 4.98 Å². The molecule has 1 aromatic heterocycles. The first-order valence-electron chi connectivity index (χ1n) is 4.66. The first-order valence-corrected chi connectivity index (χ1v) is 6.12. The fraction of sp³-hybridized carbons (Fsp3) is 0.100. The molecule has 0 aliphatic rings. The van der Waals surface area contributed by atoms with Crippen molar-refractivity contribution < 1.29 is 13.2 Å². The van der Waals surface area contributed by atoms with E-state index >= 15 is 0 Å². The summed E-state index contributed by atoms with van der Waals surface area (Å²) in [6, 6.07) is 4.05. The van der Waals surface area contributed by atoms with Gasteiger partial charge in [-0.1, -0.05) is 11.6 Å². The Morgan fingerprint density at radius 3 is 2.50 bits per heavy atom. The van der Waals surface area contributed by atoms with Crippen molar-refractivity contribution in [2.45, 2.75) is 6.18 Å². The van der Waals surface area contributed by atoms with Crippen LogP contribution in [0, 0.1) is 3.57 Å². The third-order valence-corrected chi connectivity index (χ3v) is 3.19. The van der Waals surface area contributed by atoms with E-state index in [1.54, 1.807) is 6.07 Å². The molecule has 0 unspecified atom stereocenters. The molecule has 0 saturated heterocycles. The maximum atomic E-state index is 12.7. The smallest absolute Gasteiger partial charge is 0.323 e. The van der Waals surface area contributed by atoms with Crippen LogP contribution in [0.25, 0.3) is 10.9 Å². The van der Waals surface area contributed by atoms with E-state index in [4.69, 9.17) is 17.4 Å². The Morgan fingerprint density at radius 1 is 1.28 bits per heavy atom. The summed E-state index contributed by atoms with van der Waals surface area (Å²) in [4.78, 5) is 3.54. The van der Waals surface area contributed by atoms with Gasteiger partial charge in [0.15, 0.2) is 0 Å². The number of hydrazine groups is 1. The van der Waals surface area contributed by atoms with Crippen molar-refractivity contribution in [3.05, 3.63) is 32.5 Å². The van der Waals surface area contributed by atoms with Crippen molar-refractivity contribution in [3.8, 4) is 0 Å². The average Bonchev–Trinajstić information content (AvgIpc) is 2.26. The Morgan fingerprint density at radius 2 is 1.94 bits per heavy atom. The number of benzene rings is 1. The molecule has 0 spiro atoms. The van der Waals surface area contributed by atoms with Crippen LogP contribution in [0.5, 0.6) is 0 Å². The quantitative estimate of drug-likeness (QED) is 0.445. The van der Waals surface area contributed by atoms with Gasteiger partial charge in [-0.05, 0) is 40.8 Å². The highest BCUT2D eigenvalue weighted by molar-refractivity contribution is 14.1. The Bertz CT molecular complexity index is 615. The summed E-state index contributed by atoms with van der Waals surface area (Å²) in [7, 11) is 0. The predicted octanol–water partition coefficient (Wildman–Crippen LogP) is 3.80. The van der Waals surface area contributed by atoms with E-state index in [1.807, 2.05) is 22.6 Å². The van der Waals surface area contributed by atoms with E-state index in [0.717, 1.165) is 9.64 Å². The molecular weight excluding hydrogens is 381 g/mol. The zero-order valence-electron chi connectivity index (χ0n) is 8.65. The zero-order chi connectivity index (χ0) is 13.5. The van der Waals surface area contributed by atoms with Gasteiger partial charge in [-0.2, -0.15) is 13.2 Å². The SMILES string of the molecule is NNc1cc(C(F)(F)F)nc2c(Cl)cc(I)cc12. The molecule has 0 aliphatic carbocycles. The van der Waals surface area contributed by atoms with Gasteiger partial charge in [0.1, 0.15) is 5.69 Å². The minimum absolute atomic E-state index is 0.0693. The maximum absolute atomic E-state index is 12.7. The molecule has 2 aromatic rings. The highest BCUT2D eigenvalue weighted by Gasteiger charge is 2.33. The average molecular weight is 388 g/mol. The van der Waals surface area contributed by atoms with Crippen molar-refractivity contribution in [3.63, 3.8) is 0 Å². The van der Waals surface area contributed by atoms with E-state index in [2.05, 4.69) is 10.4 Å². The topological polar surface area (TPSA) is 50.9 Å². The summed E-state index contributed by atoms with van der Waals surface area (Å²) >= 11 is 7.92. The molecule has 1 aromatic carbocycles.